The molecule has 0 fully saturated rings. The molecule has 0 saturated carbocycles. The number of hydrogen-bond acceptors (Lipinski definition) is 2. The van der Waals surface area contributed by atoms with Gasteiger partial charge in [-0.1, -0.05) is 218 Å². The summed E-state index contributed by atoms with van der Waals surface area (Å²) >= 11 is 1.91. The molecule has 0 atom stereocenters. The van der Waals surface area contributed by atoms with Crippen molar-refractivity contribution in [1.82, 2.24) is 0 Å². The fourth-order valence-electron chi connectivity index (χ4n) is 11.6. The Bertz CT molecular complexity index is 3470. The van der Waals surface area contributed by atoms with Crippen LogP contribution < -0.4 is 4.90 Å². The van der Waals surface area contributed by atoms with Gasteiger partial charge in [-0.15, -0.1) is 11.3 Å². The Balaban J connectivity index is 1.11. The smallest absolute Gasteiger partial charge is 0.0720 e. The number of para-hydroxylation sites is 1. The highest BCUT2D eigenvalue weighted by molar-refractivity contribution is 7.26. The van der Waals surface area contributed by atoms with Crippen LogP contribution in [0.15, 0.2) is 249 Å². The van der Waals surface area contributed by atoms with Gasteiger partial charge in [-0.25, -0.2) is 0 Å². The number of benzene rings is 10. The van der Waals surface area contributed by atoms with Gasteiger partial charge in [-0.3, -0.25) is 0 Å². The first-order valence-corrected chi connectivity index (χ1v) is 23.0. The summed E-state index contributed by atoms with van der Waals surface area (Å²) in [5.41, 5.74) is 17.9. The first-order chi connectivity index (χ1) is 31.8. The van der Waals surface area contributed by atoms with Crippen molar-refractivity contribution in [2.45, 2.75) is 10.8 Å². The van der Waals surface area contributed by atoms with E-state index in [1.165, 1.54) is 92.6 Å². The summed E-state index contributed by atoms with van der Waals surface area (Å²) in [7, 11) is 0. The molecule has 13 rings (SSSR count). The van der Waals surface area contributed by atoms with E-state index in [-0.39, 0.29) is 0 Å². The zero-order valence-electron chi connectivity index (χ0n) is 35.0. The van der Waals surface area contributed by atoms with Crippen molar-refractivity contribution in [2.24, 2.45) is 0 Å². The van der Waals surface area contributed by atoms with Crippen LogP contribution in [-0.4, -0.2) is 0 Å². The highest BCUT2D eigenvalue weighted by Crippen LogP contribution is 2.61. The lowest BCUT2D eigenvalue weighted by Crippen LogP contribution is -2.28. The van der Waals surface area contributed by atoms with E-state index in [9.17, 15) is 0 Å². The molecule has 2 aliphatic carbocycles. The first-order valence-electron chi connectivity index (χ1n) is 22.2. The van der Waals surface area contributed by atoms with Gasteiger partial charge in [0, 0.05) is 26.7 Å². The van der Waals surface area contributed by atoms with Crippen LogP contribution in [0.3, 0.4) is 0 Å². The zero-order chi connectivity index (χ0) is 42.2. The third-order valence-corrected chi connectivity index (χ3v) is 15.2. The predicted octanol–water partition coefficient (Wildman–Crippen LogP) is 16.3. The Kier molecular flexibility index (Phi) is 8.28. The first kappa shape index (κ1) is 36.8. The van der Waals surface area contributed by atoms with E-state index >= 15 is 0 Å². The number of rotatable bonds is 7. The molecular weight excluding hydrogens is 791 g/mol. The Hall–Kier alpha value is -7.78. The second-order valence-corrected chi connectivity index (χ2v) is 18.1. The van der Waals surface area contributed by atoms with Crippen LogP contribution in [-0.2, 0) is 10.8 Å². The van der Waals surface area contributed by atoms with E-state index in [4.69, 9.17) is 0 Å². The van der Waals surface area contributed by atoms with Crippen LogP contribution in [0.5, 0.6) is 0 Å². The number of fused-ring (bicyclic) bond motifs is 9. The summed E-state index contributed by atoms with van der Waals surface area (Å²) in [4.78, 5) is 2.53. The van der Waals surface area contributed by atoms with Crippen LogP contribution in [0.25, 0.3) is 42.4 Å². The van der Waals surface area contributed by atoms with Gasteiger partial charge >= 0.3 is 0 Å². The van der Waals surface area contributed by atoms with E-state index in [0.717, 1.165) is 11.4 Å². The molecule has 1 heterocycles. The SMILES string of the molecule is c1ccc(N(c2cccc3c2-c2ccccc2C3(c2ccccc2)c2ccccc2)c2cccc3c2sc2cccc(C4(c5ccccc5)c5ccccc5-c5ccccc54)c23)cc1. The van der Waals surface area contributed by atoms with E-state index in [0.29, 0.717) is 0 Å². The fraction of sp³-hybridized carbons (Fsp3) is 0.0323. The molecule has 64 heavy (non-hydrogen) atoms. The van der Waals surface area contributed by atoms with E-state index in [1.54, 1.807) is 0 Å². The lowest BCUT2D eigenvalue weighted by Gasteiger charge is -2.34. The number of nitrogens with zero attached hydrogens (tertiary/aromatic N) is 1. The molecule has 0 amide bonds. The van der Waals surface area contributed by atoms with Gasteiger partial charge in [-0.05, 0) is 91.5 Å². The summed E-state index contributed by atoms with van der Waals surface area (Å²) in [6.07, 6.45) is 0. The monoisotopic (exact) mass is 831 g/mol. The van der Waals surface area contributed by atoms with E-state index < -0.39 is 10.8 Å². The van der Waals surface area contributed by atoms with Gasteiger partial charge in [0.2, 0.25) is 0 Å². The van der Waals surface area contributed by atoms with Gasteiger partial charge in [0.1, 0.15) is 0 Å². The molecule has 0 N–H and O–H groups in total. The van der Waals surface area contributed by atoms with Crippen LogP contribution in [0.4, 0.5) is 17.1 Å². The molecule has 2 heteroatoms. The fourth-order valence-corrected chi connectivity index (χ4v) is 12.9. The van der Waals surface area contributed by atoms with Crippen molar-refractivity contribution in [3.63, 3.8) is 0 Å². The molecule has 2 aliphatic rings. The van der Waals surface area contributed by atoms with Crippen LogP contribution >= 0.6 is 11.3 Å². The summed E-state index contributed by atoms with van der Waals surface area (Å²) in [5, 5.41) is 2.57. The molecule has 1 nitrogen and oxygen atoms in total. The minimum absolute atomic E-state index is 0.509. The molecule has 0 saturated heterocycles. The molecule has 0 unspecified atom stereocenters. The van der Waals surface area contributed by atoms with Gasteiger partial charge in [0.25, 0.3) is 0 Å². The summed E-state index contributed by atoms with van der Waals surface area (Å²) in [6.45, 7) is 0. The molecule has 0 radical (unpaired) electrons. The molecule has 10 aromatic carbocycles. The largest absolute Gasteiger partial charge is 0.308 e. The quantitative estimate of drug-likeness (QED) is 0.155. The third-order valence-electron chi connectivity index (χ3n) is 14.0. The molecule has 0 spiro atoms. The van der Waals surface area contributed by atoms with Crippen molar-refractivity contribution >= 4 is 48.6 Å². The second kappa shape index (κ2) is 14.4. The Labute approximate surface area is 377 Å². The van der Waals surface area contributed by atoms with Crippen LogP contribution in [0, 0.1) is 0 Å². The van der Waals surface area contributed by atoms with E-state index in [2.05, 4.69) is 254 Å². The molecule has 11 aromatic rings. The lowest BCUT2D eigenvalue weighted by atomic mass is 9.66. The van der Waals surface area contributed by atoms with Crippen molar-refractivity contribution in [1.29, 1.82) is 0 Å². The number of thiophene rings is 1. The van der Waals surface area contributed by atoms with Crippen molar-refractivity contribution in [3.05, 3.63) is 293 Å². The van der Waals surface area contributed by atoms with Crippen molar-refractivity contribution in [2.75, 3.05) is 4.90 Å². The molecule has 300 valence electrons. The molecular formula is C62H41NS. The molecule has 0 bridgehead atoms. The average molecular weight is 832 g/mol. The van der Waals surface area contributed by atoms with Gasteiger partial charge in [0.15, 0.2) is 0 Å². The Morgan fingerprint density at radius 3 is 1.36 bits per heavy atom. The van der Waals surface area contributed by atoms with Crippen LogP contribution in [0.1, 0.15) is 44.5 Å². The van der Waals surface area contributed by atoms with Gasteiger partial charge in [-0.2, -0.15) is 0 Å². The zero-order valence-corrected chi connectivity index (χ0v) is 35.8. The predicted molar refractivity (Wildman–Crippen MR) is 269 cm³/mol. The topological polar surface area (TPSA) is 3.24 Å². The van der Waals surface area contributed by atoms with Crippen LogP contribution in [0.2, 0.25) is 0 Å². The number of anilines is 3. The summed E-state index contributed by atoms with van der Waals surface area (Å²) in [6, 6.07) is 92.5. The molecule has 0 aliphatic heterocycles. The standard InChI is InChI=1S/C62H41NS/c1-5-22-42(23-6-1)61(43-24-7-2-8-25-43)52-36-18-15-32-48(52)58-53(61)37-20-39-55(58)63(45-28-11-4-12-29-45)56-40-19-33-49-59-54(38-21-41-57(59)64-60(49)56)62(44-26-9-3-10-27-44)50-34-16-13-30-46(50)47-31-14-17-35-51(47)62/h1-41H. The second-order valence-electron chi connectivity index (χ2n) is 17.0. The molecule has 1 aromatic heterocycles. The minimum atomic E-state index is -0.515. The van der Waals surface area contributed by atoms with Gasteiger partial charge in [0.05, 0.1) is 26.9 Å². The maximum atomic E-state index is 2.53. The maximum Gasteiger partial charge on any atom is 0.0720 e. The minimum Gasteiger partial charge on any atom is -0.308 e. The van der Waals surface area contributed by atoms with Crippen molar-refractivity contribution in [3.8, 4) is 22.3 Å². The van der Waals surface area contributed by atoms with Crippen molar-refractivity contribution < 1.29 is 0 Å². The van der Waals surface area contributed by atoms with Gasteiger partial charge < -0.3 is 4.90 Å². The summed E-state index contributed by atoms with van der Waals surface area (Å²) in [5.74, 6) is 0. The summed E-state index contributed by atoms with van der Waals surface area (Å²) < 4.78 is 2.54. The normalized spacial score (nSPS) is 13.9. The Morgan fingerprint density at radius 1 is 0.312 bits per heavy atom. The highest BCUT2D eigenvalue weighted by Gasteiger charge is 2.49. The van der Waals surface area contributed by atoms with E-state index in [1.807, 2.05) is 11.3 Å². The third kappa shape index (κ3) is 5.00. The highest BCUT2D eigenvalue weighted by atomic mass is 32.1. The average Bonchev–Trinajstić information content (AvgIpc) is 4.01. The Morgan fingerprint density at radius 2 is 0.750 bits per heavy atom. The maximum absolute atomic E-state index is 2.53. The lowest BCUT2D eigenvalue weighted by molar-refractivity contribution is 0.768. The number of hydrogen-bond donors (Lipinski definition) is 0.